The van der Waals surface area contributed by atoms with Gasteiger partial charge in [0.05, 0.1) is 0 Å². The first-order valence-corrected chi connectivity index (χ1v) is 5.50. The van der Waals surface area contributed by atoms with Crippen LogP contribution >= 0.6 is 0 Å². The zero-order valence-electron chi connectivity index (χ0n) is 9.43. The average molecular weight is 229 g/mol. The molecule has 0 amide bonds. The van der Waals surface area contributed by atoms with Crippen LogP contribution < -0.4 is 5.32 Å². The van der Waals surface area contributed by atoms with E-state index in [1.54, 1.807) is 24.3 Å². The second-order valence-corrected chi connectivity index (χ2v) is 3.94. The van der Waals surface area contributed by atoms with Gasteiger partial charge in [-0.3, -0.25) is 0 Å². The predicted octanol–water partition coefficient (Wildman–Crippen LogP) is 2.39. The zero-order valence-corrected chi connectivity index (χ0v) is 9.43. The van der Waals surface area contributed by atoms with E-state index in [2.05, 4.69) is 5.32 Å². The highest BCUT2D eigenvalue weighted by Gasteiger charge is 1.95. The van der Waals surface area contributed by atoms with Crippen molar-refractivity contribution in [1.82, 2.24) is 5.32 Å². The van der Waals surface area contributed by atoms with E-state index in [1.165, 1.54) is 0 Å². The van der Waals surface area contributed by atoms with Crippen LogP contribution in [0.3, 0.4) is 0 Å². The van der Waals surface area contributed by atoms with Gasteiger partial charge in [0.25, 0.3) is 0 Å². The first-order valence-electron chi connectivity index (χ1n) is 5.50. The summed E-state index contributed by atoms with van der Waals surface area (Å²) >= 11 is 0. The summed E-state index contributed by atoms with van der Waals surface area (Å²) in [5.74, 6) is 0.569. The van der Waals surface area contributed by atoms with Crippen molar-refractivity contribution in [2.75, 3.05) is 0 Å². The normalized spacial score (nSPS) is 10.4. The summed E-state index contributed by atoms with van der Waals surface area (Å²) in [4.78, 5) is 0. The van der Waals surface area contributed by atoms with Gasteiger partial charge >= 0.3 is 0 Å². The average Bonchev–Trinajstić information content (AvgIpc) is 2.34. The van der Waals surface area contributed by atoms with E-state index in [0.717, 1.165) is 24.2 Å². The summed E-state index contributed by atoms with van der Waals surface area (Å²) in [5.41, 5.74) is 2.25. The highest BCUT2D eigenvalue weighted by Crippen LogP contribution is 2.11. The number of nitrogens with one attached hydrogen (secondary N) is 1. The number of phenolic OH excluding ortho intramolecular Hbond substituents is 2. The fraction of sp³-hybridized carbons (Fsp3) is 0.143. The van der Waals surface area contributed by atoms with Crippen molar-refractivity contribution < 1.29 is 10.2 Å². The van der Waals surface area contributed by atoms with Gasteiger partial charge in [0.2, 0.25) is 0 Å². The summed E-state index contributed by atoms with van der Waals surface area (Å²) in [5, 5.41) is 21.6. The van der Waals surface area contributed by atoms with Crippen LogP contribution in [0.4, 0.5) is 0 Å². The lowest BCUT2D eigenvalue weighted by molar-refractivity contribution is 0.474. The number of benzene rings is 2. The molecule has 0 fully saturated rings. The molecule has 0 aliphatic carbocycles. The molecule has 2 rings (SSSR count). The Morgan fingerprint density at radius 3 is 1.35 bits per heavy atom. The minimum atomic E-state index is 0.285. The molecule has 3 heteroatoms. The summed E-state index contributed by atoms with van der Waals surface area (Å²) in [7, 11) is 0. The Hall–Kier alpha value is -2.00. The van der Waals surface area contributed by atoms with Gasteiger partial charge in [-0.05, 0) is 35.4 Å². The second-order valence-electron chi connectivity index (χ2n) is 3.94. The van der Waals surface area contributed by atoms with Crippen molar-refractivity contribution >= 4 is 0 Å². The van der Waals surface area contributed by atoms with Crippen LogP contribution in [0.5, 0.6) is 11.5 Å². The molecule has 88 valence electrons. The molecule has 3 N–H and O–H groups in total. The van der Waals surface area contributed by atoms with Crippen molar-refractivity contribution in [3.8, 4) is 11.5 Å². The molecule has 0 atom stereocenters. The fourth-order valence-corrected chi connectivity index (χ4v) is 1.58. The molecule has 0 aromatic heterocycles. The number of hydrogen-bond donors (Lipinski definition) is 3. The van der Waals surface area contributed by atoms with Gasteiger partial charge < -0.3 is 15.5 Å². The quantitative estimate of drug-likeness (QED) is 0.754. The molecule has 0 aliphatic heterocycles. The van der Waals surface area contributed by atoms with Crippen LogP contribution in [0.25, 0.3) is 0 Å². The molecular formula is C14H15NO2. The van der Waals surface area contributed by atoms with E-state index in [1.807, 2.05) is 24.3 Å². The Balaban J connectivity index is 1.83. The Kier molecular flexibility index (Phi) is 3.62. The van der Waals surface area contributed by atoms with Crippen molar-refractivity contribution in [2.45, 2.75) is 13.1 Å². The van der Waals surface area contributed by atoms with Crippen LogP contribution in [-0.4, -0.2) is 10.2 Å². The van der Waals surface area contributed by atoms with Gasteiger partial charge in [-0.2, -0.15) is 0 Å². The van der Waals surface area contributed by atoms with Gasteiger partial charge in [0.1, 0.15) is 11.5 Å². The van der Waals surface area contributed by atoms with E-state index in [4.69, 9.17) is 10.2 Å². The number of rotatable bonds is 4. The highest BCUT2D eigenvalue weighted by molar-refractivity contribution is 5.27. The largest absolute Gasteiger partial charge is 0.508 e. The van der Waals surface area contributed by atoms with Crippen molar-refractivity contribution in [3.63, 3.8) is 0 Å². The first kappa shape index (κ1) is 11.5. The highest BCUT2D eigenvalue weighted by atomic mass is 16.3. The maximum Gasteiger partial charge on any atom is 0.115 e. The third kappa shape index (κ3) is 3.50. The summed E-state index contributed by atoms with van der Waals surface area (Å²) in [6.07, 6.45) is 0. The van der Waals surface area contributed by atoms with Gasteiger partial charge in [0, 0.05) is 13.1 Å². The Bertz CT molecular complexity index is 417. The van der Waals surface area contributed by atoms with E-state index >= 15 is 0 Å². The van der Waals surface area contributed by atoms with E-state index < -0.39 is 0 Å². The third-order valence-corrected chi connectivity index (χ3v) is 2.53. The summed E-state index contributed by atoms with van der Waals surface area (Å²) in [6.45, 7) is 1.50. The van der Waals surface area contributed by atoms with Crippen LogP contribution in [-0.2, 0) is 13.1 Å². The molecule has 17 heavy (non-hydrogen) atoms. The zero-order chi connectivity index (χ0) is 12.1. The molecule has 0 unspecified atom stereocenters. The summed E-state index contributed by atoms with van der Waals surface area (Å²) < 4.78 is 0. The Morgan fingerprint density at radius 1 is 0.647 bits per heavy atom. The molecular weight excluding hydrogens is 214 g/mol. The molecule has 0 radical (unpaired) electrons. The number of hydrogen-bond acceptors (Lipinski definition) is 3. The molecule has 2 aromatic carbocycles. The van der Waals surface area contributed by atoms with Gasteiger partial charge in [-0.1, -0.05) is 24.3 Å². The molecule has 0 saturated heterocycles. The Morgan fingerprint density at radius 2 is 1.00 bits per heavy atom. The van der Waals surface area contributed by atoms with Gasteiger partial charge in [-0.25, -0.2) is 0 Å². The maximum absolute atomic E-state index is 9.14. The second kappa shape index (κ2) is 5.37. The third-order valence-electron chi connectivity index (χ3n) is 2.53. The van der Waals surface area contributed by atoms with E-state index in [9.17, 15) is 0 Å². The molecule has 0 bridgehead atoms. The predicted molar refractivity (Wildman–Crippen MR) is 66.8 cm³/mol. The molecule has 3 nitrogen and oxygen atoms in total. The minimum Gasteiger partial charge on any atom is -0.508 e. The monoisotopic (exact) mass is 229 g/mol. The number of phenols is 2. The first-order chi connectivity index (χ1) is 8.24. The SMILES string of the molecule is Oc1ccc(CNCc2ccc(O)cc2)cc1. The Labute approximate surface area is 100 Å². The van der Waals surface area contributed by atoms with E-state index in [0.29, 0.717) is 0 Å². The minimum absolute atomic E-state index is 0.285. The van der Waals surface area contributed by atoms with Gasteiger partial charge in [-0.15, -0.1) is 0 Å². The van der Waals surface area contributed by atoms with Crippen LogP contribution in [0.15, 0.2) is 48.5 Å². The van der Waals surface area contributed by atoms with Gasteiger partial charge in [0.15, 0.2) is 0 Å². The van der Waals surface area contributed by atoms with Crippen LogP contribution in [0, 0.1) is 0 Å². The van der Waals surface area contributed by atoms with Crippen molar-refractivity contribution in [2.24, 2.45) is 0 Å². The number of aromatic hydroxyl groups is 2. The standard InChI is InChI=1S/C14H15NO2/c16-13-5-1-11(2-6-13)9-15-10-12-3-7-14(17)8-4-12/h1-8,15-17H,9-10H2. The smallest absolute Gasteiger partial charge is 0.115 e. The van der Waals surface area contributed by atoms with Crippen molar-refractivity contribution in [3.05, 3.63) is 59.7 Å². The topological polar surface area (TPSA) is 52.5 Å². The van der Waals surface area contributed by atoms with Crippen LogP contribution in [0.2, 0.25) is 0 Å². The maximum atomic E-state index is 9.14. The lowest BCUT2D eigenvalue weighted by atomic mass is 10.2. The lowest BCUT2D eigenvalue weighted by Crippen LogP contribution is -2.12. The summed E-state index contributed by atoms with van der Waals surface area (Å²) in [6, 6.07) is 14.3. The molecule has 0 aliphatic rings. The lowest BCUT2D eigenvalue weighted by Gasteiger charge is -2.05. The molecule has 0 saturated carbocycles. The van der Waals surface area contributed by atoms with Crippen LogP contribution in [0.1, 0.15) is 11.1 Å². The molecule has 0 heterocycles. The van der Waals surface area contributed by atoms with Crippen molar-refractivity contribution in [1.29, 1.82) is 0 Å². The molecule has 2 aromatic rings. The molecule has 0 spiro atoms. The fourth-order valence-electron chi connectivity index (χ4n) is 1.58. The van der Waals surface area contributed by atoms with E-state index in [-0.39, 0.29) is 11.5 Å².